The van der Waals surface area contributed by atoms with Gasteiger partial charge in [0.05, 0.1) is 22.3 Å². The van der Waals surface area contributed by atoms with Gasteiger partial charge >= 0.3 is 6.18 Å². The number of aromatic nitrogens is 3. The normalized spacial score (nSPS) is 15.7. The number of alkyl halides is 3. The number of hydrogen-bond acceptors (Lipinski definition) is 5. The highest BCUT2D eigenvalue weighted by atomic mass is 32.2. The Bertz CT molecular complexity index is 1220. The van der Waals surface area contributed by atoms with E-state index >= 15 is 0 Å². The minimum Gasteiger partial charge on any atom is -0.335 e. The molecule has 1 aromatic heterocycles. The van der Waals surface area contributed by atoms with Crippen LogP contribution in [0.1, 0.15) is 16.1 Å². The van der Waals surface area contributed by atoms with Gasteiger partial charge in [0.2, 0.25) is 10.0 Å². The van der Waals surface area contributed by atoms with E-state index in [0.717, 1.165) is 22.5 Å². The minimum absolute atomic E-state index is 0.0445. The molecule has 2 heterocycles. The van der Waals surface area contributed by atoms with Crippen LogP contribution in [0.25, 0.3) is 5.69 Å². The van der Waals surface area contributed by atoms with Crippen molar-refractivity contribution in [2.24, 2.45) is 0 Å². The Kier molecular flexibility index (Phi) is 5.73. The third-order valence-corrected chi connectivity index (χ3v) is 6.92. The lowest BCUT2D eigenvalue weighted by atomic mass is 10.2. The van der Waals surface area contributed by atoms with Crippen LogP contribution in [0.3, 0.4) is 0 Å². The van der Waals surface area contributed by atoms with Crippen LogP contribution < -0.4 is 0 Å². The van der Waals surface area contributed by atoms with Crippen molar-refractivity contribution >= 4 is 15.9 Å². The van der Waals surface area contributed by atoms with Crippen LogP contribution >= 0.6 is 0 Å². The summed E-state index contributed by atoms with van der Waals surface area (Å²) in [6, 6.07) is 12.7. The van der Waals surface area contributed by atoms with Gasteiger partial charge in [0.1, 0.15) is 0 Å². The summed E-state index contributed by atoms with van der Waals surface area (Å²) in [4.78, 5) is 15.1. The molecule has 3 aromatic rings. The molecule has 4 rings (SSSR count). The van der Waals surface area contributed by atoms with Gasteiger partial charge in [-0.15, -0.1) is 5.10 Å². The van der Waals surface area contributed by atoms with Crippen LogP contribution in [-0.2, 0) is 16.2 Å². The number of amides is 1. The standard InChI is InChI=1S/C20H18F3N5O3S/c21-20(22,23)15-5-4-8-17(13-15)32(30,31)27-11-9-26(10-12-27)19(29)18-14-24-28(25-18)16-6-2-1-3-7-16/h1-8,13-14H,9-12H2. The van der Waals surface area contributed by atoms with Crippen molar-refractivity contribution < 1.29 is 26.4 Å². The Morgan fingerprint density at radius 3 is 2.28 bits per heavy atom. The number of piperazine rings is 1. The van der Waals surface area contributed by atoms with Gasteiger partial charge in [0.15, 0.2) is 5.69 Å². The minimum atomic E-state index is -4.65. The predicted molar refractivity (Wildman–Crippen MR) is 107 cm³/mol. The molecular weight excluding hydrogens is 447 g/mol. The van der Waals surface area contributed by atoms with Crippen molar-refractivity contribution in [3.05, 3.63) is 72.1 Å². The van der Waals surface area contributed by atoms with Gasteiger partial charge in [0.25, 0.3) is 5.91 Å². The van der Waals surface area contributed by atoms with Crippen LogP contribution in [0.15, 0.2) is 65.7 Å². The average Bonchev–Trinajstić information content (AvgIpc) is 3.29. The average molecular weight is 465 g/mol. The zero-order chi connectivity index (χ0) is 22.9. The molecule has 1 fully saturated rings. The number of carbonyl (C=O) groups is 1. The fourth-order valence-corrected chi connectivity index (χ4v) is 4.79. The lowest BCUT2D eigenvalue weighted by molar-refractivity contribution is -0.137. The zero-order valence-corrected chi connectivity index (χ0v) is 17.4. The molecule has 1 aliphatic rings. The third-order valence-electron chi connectivity index (χ3n) is 5.02. The van der Waals surface area contributed by atoms with Crippen LogP contribution in [0.2, 0.25) is 0 Å². The maximum atomic E-state index is 12.9. The van der Waals surface area contributed by atoms with E-state index in [-0.39, 0.29) is 31.9 Å². The topological polar surface area (TPSA) is 88.4 Å². The summed E-state index contributed by atoms with van der Waals surface area (Å²) in [6.07, 6.45) is -3.31. The summed E-state index contributed by atoms with van der Waals surface area (Å²) in [5, 5.41) is 8.26. The highest BCUT2D eigenvalue weighted by Gasteiger charge is 2.34. The van der Waals surface area contributed by atoms with Crippen LogP contribution in [0, 0.1) is 0 Å². The first kappa shape index (κ1) is 22.0. The van der Waals surface area contributed by atoms with Gasteiger partial charge in [-0.1, -0.05) is 24.3 Å². The van der Waals surface area contributed by atoms with Crippen molar-refractivity contribution in [1.82, 2.24) is 24.2 Å². The Labute approximate surface area is 181 Å². The van der Waals surface area contributed by atoms with Gasteiger partial charge in [-0.05, 0) is 30.3 Å². The fourth-order valence-electron chi connectivity index (χ4n) is 3.32. The van der Waals surface area contributed by atoms with E-state index in [2.05, 4.69) is 10.2 Å². The fraction of sp³-hybridized carbons (Fsp3) is 0.250. The number of sulfonamides is 1. The largest absolute Gasteiger partial charge is 0.416 e. The second kappa shape index (κ2) is 8.36. The molecule has 0 atom stereocenters. The molecular formula is C20H18F3N5O3S. The number of halogens is 3. The zero-order valence-electron chi connectivity index (χ0n) is 16.6. The Hall–Kier alpha value is -3.25. The maximum Gasteiger partial charge on any atom is 0.416 e. The molecule has 168 valence electrons. The summed E-state index contributed by atoms with van der Waals surface area (Å²) in [6.45, 7) is 0.0682. The number of benzene rings is 2. The second-order valence-corrected chi connectivity index (χ2v) is 9.01. The van der Waals surface area contributed by atoms with E-state index in [1.165, 1.54) is 15.9 Å². The van der Waals surface area contributed by atoms with Crippen molar-refractivity contribution in [1.29, 1.82) is 0 Å². The van der Waals surface area contributed by atoms with Crippen molar-refractivity contribution in [2.45, 2.75) is 11.1 Å². The predicted octanol–water partition coefficient (Wildman–Crippen LogP) is 2.43. The molecule has 1 aliphatic heterocycles. The Morgan fingerprint density at radius 2 is 1.62 bits per heavy atom. The van der Waals surface area contributed by atoms with Crippen molar-refractivity contribution in [3.63, 3.8) is 0 Å². The summed E-state index contributed by atoms with van der Waals surface area (Å²) in [5.41, 5.74) is -0.236. The molecule has 32 heavy (non-hydrogen) atoms. The van der Waals surface area contributed by atoms with Gasteiger partial charge in [-0.25, -0.2) is 8.42 Å². The lowest BCUT2D eigenvalue weighted by Gasteiger charge is -2.33. The highest BCUT2D eigenvalue weighted by molar-refractivity contribution is 7.89. The van der Waals surface area contributed by atoms with Gasteiger partial charge in [0, 0.05) is 26.2 Å². The molecule has 2 aromatic carbocycles. The third kappa shape index (κ3) is 4.36. The van der Waals surface area contributed by atoms with E-state index in [1.807, 2.05) is 18.2 Å². The molecule has 0 unspecified atom stereocenters. The quantitative estimate of drug-likeness (QED) is 0.591. The lowest BCUT2D eigenvalue weighted by Crippen LogP contribution is -2.50. The van der Waals surface area contributed by atoms with E-state index in [1.54, 1.807) is 12.1 Å². The summed E-state index contributed by atoms with van der Waals surface area (Å²) < 4.78 is 65.5. The number of para-hydroxylation sites is 1. The molecule has 0 bridgehead atoms. The summed E-state index contributed by atoms with van der Waals surface area (Å²) in [7, 11) is -4.13. The number of nitrogens with zero attached hydrogens (tertiary/aromatic N) is 5. The van der Waals surface area contributed by atoms with E-state index in [9.17, 15) is 26.4 Å². The Morgan fingerprint density at radius 1 is 0.938 bits per heavy atom. The molecule has 0 N–H and O–H groups in total. The maximum absolute atomic E-state index is 12.9. The van der Waals surface area contributed by atoms with Gasteiger partial charge in [-0.2, -0.15) is 27.4 Å². The van der Waals surface area contributed by atoms with E-state index in [4.69, 9.17) is 0 Å². The van der Waals surface area contributed by atoms with Crippen LogP contribution in [0.4, 0.5) is 13.2 Å². The number of carbonyl (C=O) groups excluding carboxylic acids is 1. The molecule has 1 amide bonds. The Balaban J connectivity index is 1.44. The second-order valence-electron chi connectivity index (χ2n) is 7.08. The molecule has 8 nitrogen and oxygen atoms in total. The summed E-state index contributed by atoms with van der Waals surface area (Å²) in [5.74, 6) is -0.400. The smallest absolute Gasteiger partial charge is 0.335 e. The van der Waals surface area contributed by atoms with Gasteiger partial charge < -0.3 is 4.90 Å². The molecule has 0 spiro atoms. The van der Waals surface area contributed by atoms with Crippen molar-refractivity contribution in [2.75, 3.05) is 26.2 Å². The van der Waals surface area contributed by atoms with E-state index < -0.39 is 32.6 Å². The molecule has 0 aliphatic carbocycles. The van der Waals surface area contributed by atoms with Crippen molar-refractivity contribution in [3.8, 4) is 5.69 Å². The monoisotopic (exact) mass is 465 g/mol. The molecule has 0 radical (unpaired) electrons. The first-order valence-electron chi connectivity index (χ1n) is 9.61. The van der Waals surface area contributed by atoms with Crippen LogP contribution in [-0.4, -0.2) is 64.7 Å². The number of rotatable bonds is 4. The van der Waals surface area contributed by atoms with Crippen LogP contribution in [0.5, 0.6) is 0 Å². The molecule has 1 saturated heterocycles. The highest BCUT2D eigenvalue weighted by Crippen LogP contribution is 2.31. The summed E-state index contributed by atoms with van der Waals surface area (Å²) >= 11 is 0. The SMILES string of the molecule is O=C(c1cnn(-c2ccccc2)n1)N1CCN(S(=O)(=O)c2cccc(C(F)(F)F)c2)CC1. The molecule has 12 heteroatoms. The first-order valence-corrected chi connectivity index (χ1v) is 11.0. The van der Waals surface area contributed by atoms with Gasteiger partial charge in [-0.3, -0.25) is 4.79 Å². The molecule has 0 saturated carbocycles. The van der Waals surface area contributed by atoms with E-state index in [0.29, 0.717) is 11.8 Å². The number of hydrogen-bond donors (Lipinski definition) is 0. The first-order chi connectivity index (χ1) is 15.2.